The standard InChI is InChI=1S/C14H19N3OS/c1-2-3-4-5-6-9-17-14(12(11-18)15-16-17)13-8-7-10-19-13/h7-8,10-11H,2-6,9H2,1H3. The zero-order valence-corrected chi connectivity index (χ0v) is 12.0. The predicted octanol–water partition coefficient (Wildman–Crippen LogP) is 3.79. The normalized spacial score (nSPS) is 10.8. The third-order valence-corrected chi connectivity index (χ3v) is 3.98. The van der Waals surface area contributed by atoms with E-state index in [1.54, 1.807) is 11.3 Å². The summed E-state index contributed by atoms with van der Waals surface area (Å²) in [6.07, 6.45) is 6.87. The van der Waals surface area contributed by atoms with Crippen LogP contribution in [-0.4, -0.2) is 21.3 Å². The van der Waals surface area contributed by atoms with Crippen LogP contribution in [0.5, 0.6) is 0 Å². The summed E-state index contributed by atoms with van der Waals surface area (Å²) in [5, 5.41) is 10.1. The molecule has 2 aromatic rings. The summed E-state index contributed by atoms with van der Waals surface area (Å²) in [5.41, 5.74) is 1.30. The number of thiophene rings is 1. The lowest BCUT2D eigenvalue weighted by molar-refractivity contribution is 0.111. The van der Waals surface area contributed by atoms with Crippen LogP contribution >= 0.6 is 11.3 Å². The van der Waals surface area contributed by atoms with Crippen LogP contribution in [-0.2, 0) is 6.54 Å². The van der Waals surface area contributed by atoms with E-state index >= 15 is 0 Å². The molecule has 19 heavy (non-hydrogen) atoms. The first-order valence-electron chi connectivity index (χ1n) is 6.79. The third-order valence-electron chi connectivity index (χ3n) is 3.10. The van der Waals surface area contributed by atoms with Gasteiger partial charge in [-0.1, -0.05) is 43.9 Å². The number of nitrogens with zero attached hydrogens (tertiary/aromatic N) is 3. The lowest BCUT2D eigenvalue weighted by Crippen LogP contribution is -2.02. The van der Waals surface area contributed by atoms with Crippen molar-refractivity contribution in [3.05, 3.63) is 23.2 Å². The molecule has 0 bridgehead atoms. The van der Waals surface area contributed by atoms with Crippen molar-refractivity contribution in [2.24, 2.45) is 0 Å². The van der Waals surface area contributed by atoms with E-state index in [-0.39, 0.29) is 0 Å². The number of aryl methyl sites for hydroxylation is 1. The molecule has 102 valence electrons. The third kappa shape index (κ3) is 3.50. The van der Waals surface area contributed by atoms with Crippen molar-refractivity contribution in [2.75, 3.05) is 0 Å². The van der Waals surface area contributed by atoms with E-state index in [1.165, 1.54) is 25.7 Å². The number of hydrogen-bond donors (Lipinski definition) is 0. The molecule has 0 aliphatic rings. The summed E-state index contributed by atoms with van der Waals surface area (Å²) >= 11 is 1.61. The smallest absolute Gasteiger partial charge is 0.172 e. The van der Waals surface area contributed by atoms with Gasteiger partial charge in [0.05, 0.1) is 4.88 Å². The maximum atomic E-state index is 11.0. The summed E-state index contributed by atoms with van der Waals surface area (Å²) in [7, 11) is 0. The van der Waals surface area contributed by atoms with Crippen LogP contribution in [0.4, 0.5) is 0 Å². The maximum Gasteiger partial charge on any atom is 0.172 e. The molecule has 4 nitrogen and oxygen atoms in total. The molecule has 0 aliphatic carbocycles. The molecular weight excluding hydrogens is 258 g/mol. The van der Waals surface area contributed by atoms with Crippen LogP contribution < -0.4 is 0 Å². The molecule has 0 fully saturated rings. The Morgan fingerprint density at radius 1 is 1.32 bits per heavy atom. The van der Waals surface area contributed by atoms with Crippen molar-refractivity contribution in [3.63, 3.8) is 0 Å². The highest BCUT2D eigenvalue weighted by atomic mass is 32.1. The Labute approximate surface area is 117 Å². The van der Waals surface area contributed by atoms with Crippen LogP contribution in [0.15, 0.2) is 17.5 Å². The van der Waals surface area contributed by atoms with Gasteiger partial charge in [-0.05, 0) is 17.9 Å². The fraction of sp³-hybridized carbons (Fsp3) is 0.500. The second-order valence-electron chi connectivity index (χ2n) is 4.56. The fourth-order valence-electron chi connectivity index (χ4n) is 2.09. The number of aromatic nitrogens is 3. The quantitative estimate of drug-likeness (QED) is 0.545. The molecule has 0 saturated carbocycles. The molecule has 2 rings (SSSR count). The van der Waals surface area contributed by atoms with E-state index in [2.05, 4.69) is 17.2 Å². The molecular formula is C14H19N3OS. The van der Waals surface area contributed by atoms with Crippen molar-refractivity contribution >= 4 is 17.6 Å². The molecule has 0 saturated heterocycles. The molecule has 0 atom stereocenters. The van der Waals surface area contributed by atoms with Gasteiger partial charge in [0.15, 0.2) is 12.0 Å². The molecule has 0 spiro atoms. The van der Waals surface area contributed by atoms with E-state index in [0.29, 0.717) is 5.69 Å². The lowest BCUT2D eigenvalue weighted by Gasteiger charge is -2.05. The Balaban J connectivity index is 2.04. The summed E-state index contributed by atoms with van der Waals surface area (Å²) in [4.78, 5) is 12.1. The van der Waals surface area contributed by atoms with E-state index in [0.717, 1.165) is 29.8 Å². The SMILES string of the molecule is CCCCCCCn1nnc(C=O)c1-c1cccs1. The topological polar surface area (TPSA) is 47.8 Å². The highest BCUT2D eigenvalue weighted by Crippen LogP contribution is 2.26. The minimum absolute atomic E-state index is 0.441. The van der Waals surface area contributed by atoms with Crippen LogP contribution in [0.1, 0.15) is 49.5 Å². The summed E-state index contributed by atoms with van der Waals surface area (Å²) in [6, 6.07) is 3.98. The second-order valence-corrected chi connectivity index (χ2v) is 5.50. The van der Waals surface area contributed by atoms with Gasteiger partial charge in [-0.3, -0.25) is 4.79 Å². The molecule has 0 amide bonds. The monoisotopic (exact) mass is 277 g/mol. The van der Waals surface area contributed by atoms with Gasteiger partial charge in [-0.15, -0.1) is 16.4 Å². The number of hydrogen-bond acceptors (Lipinski definition) is 4. The minimum atomic E-state index is 0.441. The number of unbranched alkanes of at least 4 members (excludes halogenated alkanes) is 4. The number of carbonyl (C=O) groups is 1. The second kappa shape index (κ2) is 7.19. The van der Waals surface area contributed by atoms with Crippen molar-refractivity contribution in [1.29, 1.82) is 0 Å². The van der Waals surface area contributed by atoms with Crippen LogP contribution in [0.25, 0.3) is 10.6 Å². The highest BCUT2D eigenvalue weighted by Gasteiger charge is 2.14. The molecule has 0 unspecified atom stereocenters. The van der Waals surface area contributed by atoms with Crippen molar-refractivity contribution < 1.29 is 4.79 Å². The Morgan fingerprint density at radius 2 is 2.16 bits per heavy atom. The Morgan fingerprint density at radius 3 is 2.84 bits per heavy atom. The summed E-state index contributed by atoms with van der Waals surface area (Å²) in [5.74, 6) is 0. The first-order chi connectivity index (χ1) is 9.36. The average Bonchev–Trinajstić information content (AvgIpc) is 3.06. The fourth-order valence-corrected chi connectivity index (χ4v) is 2.88. The van der Waals surface area contributed by atoms with E-state index in [1.807, 2.05) is 22.2 Å². The molecule has 5 heteroatoms. The zero-order valence-electron chi connectivity index (χ0n) is 11.2. The van der Waals surface area contributed by atoms with Gasteiger partial charge in [0, 0.05) is 6.54 Å². The number of carbonyl (C=O) groups excluding carboxylic acids is 1. The van der Waals surface area contributed by atoms with Crippen molar-refractivity contribution in [3.8, 4) is 10.6 Å². The highest BCUT2D eigenvalue weighted by molar-refractivity contribution is 7.13. The lowest BCUT2D eigenvalue weighted by atomic mass is 10.1. The predicted molar refractivity (Wildman–Crippen MR) is 77.5 cm³/mol. The van der Waals surface area contributed by atoms with E-state index < -0.39 is 0 Å². The molecule has 0 N–H and O–H groups in total. The summed E-state index contributed by atoms with van der Waals surface area (Å²) < 4.78 is 1.86. The van der Waals surface area contributed by atoms with Gasteiger partial charge in [-0.25, -0.2) is 4.68 Å². The number of aldehydes is 1. The first kappa shape index (κ1) is 13.9. The van der Waals surface area contributed by atoms with Gasteiger partial charge in [0.25, 0.3) is 0 Å². The Kier molecular flexibility index (Phi) is 5.27. The van der Waals surface area contributed by atoms with Gasteiger partial charge in [0.2, 0.25) is 0 Å². The largest absolute Gasteiger partial charge is 0.296 e. The Hall–Kier alpha value is -1.49. The molecule has 2 aromatic heterocycles. The minimum Gasteiger partial charge on any atom is -0.296 e. The van der Waals surface area contributed by atoms with Crippen molar-refractivity contribution in [2.45, 2.75) is 45.6 Å². The molecule has 0 aromatic carbocycles. The summed E-state index contributed by atoms with van der Waals surface area (Å²) in [6.45, 7) is 3.04. The van der Waals surface area contributed by atoms with Crippen LogP contribution in [0, 0.1) is 0 Å². The maximum absolute atomic E-state index is 11.0. The first-order valence-corrected chi connectivity index (χ1v) is 7.67. The molecule has 2 heterocycles. The molecule has 0 radical (unpaired) electrons. The molecule has 0 aliphatic heterocycles. The van der Waals surface area contributed by atoms with Crippen LogP contribution in [0.3, 0.4) is 0 Å². The van der Waals surface area contributed by atoms with Crippen molar-refractivity contribution in [1.82, 2.24) is 15.0 Å². The van der Waals surface area contributed by atoms with Gasteiger partial charge >= 0.3 is 0 Å². The Bertz CT molecular complexity index is 505. The van der Waals surface area contributed by atoms with Gasteiger partial charge in [-0.2, -0.15) is 0 Å². The van der Waals surface area contributed by atoms with Gasteiger partial charge < -0.3 is 0 Å². The zero-order chi connectivity index (χ0) is 13.5. The number of rotatable bonds is 8. The average molecular weight is 277 g/mol. The van der Waals surface area contributed by atoms with Gasteiger partial charge in [0.1, 0.15) is 5.69 Å². The van der Waals surface area contributed by atoms with E-state index in [4.69, 9.17) is 0 Å². The van der Waals surface area contributed by atoms with Crippen LogP contribution in [0.2, 0.25) is 0 Å². The van der Waals surface area contributed by atoms with E-state index in [9.17, 15) is 4.79 Å².